The molecule has 0 aromatic carbocycles. The van der Waals surface area contributed by atoms with Crippen LogP contribution in [0.3, 0.4) is 0 Å². The number of hydrogen-bond acceptors (Lipinski definition) is 4. The van der Waals surface area contributed by atoms with Gasteiger partial charge in [0.05, 0.1) is 16.8 Å². The van der Waals surface area contributed by atoms with Crippen LogP contribution in [-0.2, 0) is 7.05 Å². The van der Waals surface area contributed by atoms with Crippen LogP contribution in [-0.4, -0.2) is 27.8 Å². The molecule has 1 amide bonds. The zero-order valence-electron chi connectivity index (χ0n) is 14.3. The lowest BCUT2D eigenvalue weighted by Crippen LogP contribution is -2.37. The molecular weight excluding hydrogens is 379 g/mol. The third-order valence-electron chi connectivity index (χ3n) is 4.89. The van der Waals surface area contributed by atoms with Crippen LogP contribution in [0, 0.1) is 6.92 Å². The summed E-state index contributed by atoms with van der Waals surface area (Å²) in [7, 11) is 1.84. The van der Waals surface area contributed by atoms with Crippen LogP contribution in [0.15, 0.2) is 18.5 Å². The predicted molar refractivity (Wildman–Crippen MR) is 107 cm³/mol. The van der Waals surface area contributed by atoms with Crippen molar-refractivity contribution in [2.24, 2.45) is 7.05 Å². The molecule has 0 saturated heterocycles. The molecule has 4 rings (SSSR count). The number of hydrogen-bond donors (Lipinski definition) is 2. The fraction of sp³-hybridized carbons (Fsp3) is 0.529. The Morgan fingerprint density at radius 1 is 1.36 bits per heavy atom. The molecule has 2 atom stereocenters. The second-order valence-corrected chi connectivity index (χ2v) is 7.98. The molecule has 0 bridgehead atoms. The van der Waals surface area contributed by atoms with Crippen LogP contribution in [0.1, 0.15) is 51.7 Å². The summed E-state index contributed by atoms with van der Waals surface area (Å²) in [5.74, 6) is 0.549. The minimum Gasteiger partial charge on any atom is -0.319 e. The quantitative estimate of drug-likeness (QED) is 0.797. The maximum Gasteiger partial charge on any atom is 0.265 e. The monoisotopic (exact) mass is 402 g/mol. The maximum absolute atomic E-state index is 12.4. The molecule has 2 heterocycles. The van der Waals surface area contributed by atoms with Crippen molar-refractivity contribution in [3.8, 4) is 0 Å². The number of amides is 1. The van der Waals surface area contributed by atoms with Gasteiger partial charge in [0.2, 0.25) is 0 Å². The second-order valence-electron chi connectivity index (χ2n) is 6.72. The van der Waals surface area contributed by atoms with Crippen molar-refractivity contribution in [2.75, 3.05) is 5.32 Å². The molecule has 2 aromatic heterocycles. The maximum atomic E-state index is 12.4. The first-order valence-corrected chi connectivity index (χ1v) is 9.08. The number of thiophene rings is 1. The largest absolute Gasteiger partial charge is 0.319 e. The summed E-state index contributed by atoms with van der Waals surface area (Å²) in [6, 6.07) is 3.43. The standard InChI is InChI=1S/C17H22N4OS.2ClH/c1-10-13(14-6-15(14)19-11-4-3-5-11)7-16(23-10)17(22)20-12-8-18-21(2)9-12;;/h7-9,11,14-15,19H,3-6H2,1-2H3,(H,20,22);2*1H/t14-,15+;;/m1../s1. The molecule has 2 saturated carbocycles. The Labute approximate surface area is 164 Å². The molecule has 2 aromatic rings. The van der Waals surface area contributed by atoms with Crippen LogP contribution in [0.5, 0.6) is 0 Å². The van der Waals surface area contributed by atoms with Gasteiger partial charge in [0.15, 0.2) is 0 Å². The molecule has 2 fully saturated rings. The summed E-state index contributed by atoms with van der Waals surface area (Å²) in [4.78, 5) is 14.4. The molecule has 0 aliphatic heterocycles. The smallest absolute Gasteiger partial charge is 0.265 e. The molecule has 25 heavy (non-hydrogen) atoms. The number of nitrogens with zero attached hydrogens (tertiary/aromatic N) is 2. The number of nitrogens with one attached hydrogen (secondary N) is 2. The summed E-state index contributed by atoms with van der Waals surface area (Å²) < 4.78 is 1.68. The Hall–Kier alpha value is -1.08. The molecule has 0 unspecified atom stereocenters. The van der Waals surface area contributed by atoms with Gasteiger partial charge in [0.25, 0.3) is 5.91 Å². The lowest BCUT2D eigenvalue weighted by molar-refractivity contribution is 0.103. The van der Waals surface area contributed by atoms with Crippen molar-refractivity contribution in [1.29, 1.82) is 0 Å². The zero-order valence-corrected chi connectivity index (χ0v) is 16.8. The molecule has 0 radical (unpaired) electrons. The van der Waals surface area contributed by atoms with E-state index in [1.54, 1.807) is 28.4 Å². The van der Waals surface area contributed by atoms with Gasteiger partial charge in [-0.15, -0.1) is 36.2 Å². The highest BCUT2D eigenvalue weighted by molar-refractivity contribution is 7.14. The van der Waals surface area contributed by atoms with E-state index < -0.39 is 0 Å². The Morgan fingerprint density at radius 3 is 2.72 bits per heavy atom. The van der Waals surface area contributed by atoms with E-state index in [1.165, 1.54) is 36.1 Å². The van der Waals surface area contributed by atoms with Gasteiger partial charge in [-0.05, 0) is 37.8 Å². The van der Waals surface area contributed by atoms with E-state index in [0.29, 0.717) is 12.0 Å². The van der Waals surface area contributed by atoms with Gasteiger partial charge < -0.3 is 10.6 Å². The zero-order chi connectivity index (χ0) is 16.0. The fourth-order valence-corrected chi connectivity index (χ4v) is 4.24. The van der Waals surface area contributed by atoms with Gasteiger partial charge in [0.1, 0.15) is 0 Å². The van der Waals surface area contributed by atoms with Gasteiger partial charge in [0, 0.05) is 36.1 Å². The minimum atomic E-state index is -0.0403. The van der Waals surface area contributed by atoms with Crippen LogP contribution < -0.4 is 10.6 Å². The summed E-state index contributed by atoms with van der Waals surface area (Å²) >= 11 is 1.59. The highest BCUT2D eigenvalue weighted by Crippen LogP contribution is 2.45. The summed E-state index contributed by atoms with van der Waals surface area (Å²) in [6.07, 6.45) is 8.69. The average Bonchev–Trinajstić information content (AvgIpc) is 2.94. The van der Waals surface area contributed by atoms with Crippen molar-refractivity contribution in [3.05, 3.63) is 33.8 Å². The van der Waals surface area contributed by atoms with Gasteiger partial charge in [-0.3, -0.25) is 9.48 Å². The van der Waals surface area contributed by atoms with Crippen LogP contribution in [0.4, 0.5) is 5.69 Å². The average molecular weight is 403 g/mol. The van der Waals surface area contributed by atoms with E-state index in [9.17, 15) is 4.79 Å². The lowest BCUT2D eigenvalue weighted by Gasteiger charge is -2.26. The highest BCUT2D eigenvalue weighted by atomic mass is 35.5. The first-order valence-electron chi connectivity index (χ1n) is 8.26. The third-order valence-corrected chi connectivity index (χ3v) is 5.95. The van der Waals surface area contributed by atoms with E-state index in [4.69, 9.17) is 0 Å². The van der Waals surface area contributed by atoms with Crippen molar-refractivity contribution < 1.29 is 4.79 Å². The predicted octanol–water partition coefficient (Wildman–Crippen LogP) is 3.88. The van der Waals surface area contributed by atoms with Gasteiger partial charge in [-0.1, -0.05) is 6.42 Å². The normalized spacial score (nSPS) is 21.7. The Kier molecular flexibility index (Phi) is 6.54. The van der Waals surface area contributed by atoms with Crippen molar-refractivity contribution >= 4 is 47.7 Å². The number of aromatic nitrogens is 2. The summed E-state index contributed by atoms with van der Waals surface area (Å²) in [5.41, 5.74) is 2.09. The molecule has 2 aliphatic carbocycles. The summed E-state index contributed by atoms with van der Waals surface area (Å²) in [6.45, 7) is 2.12. The fourth-order valence-electron chi connectivity index (χ4n) is 3.26. The van der Waals surface area contributed by atoms with Crippen molar-refractivity contribution in [2.45, 2.75) is 50.6 Å². The van der Waals surface area contributed by atoms with E-state index in [-0.39, 0.29) is 30.7 Å². The van der Waals surface area contributed by atoms with E-state index in [0.717, 1.165) is 16.6 Å². The molecular formula is C17H24Cl2N4OS. The SMILES string of the molecule is Cc1sc(C(=O)Nc2cnn(C)c2)cc1[C@H]1C[C@@H]1NC1CCC1.Cl.Cl. The van der Waals surface area contributed by atoms with Gasteiger partial charge in [-0.25, -0.2) is 0 Å². The minimum absolute atomic E-state index is 0. The summed E-state index contributed by atoms with van der Waals surface area (Å²) in [5, 5.41) is 10.7. The topological polar surface area (TPSA) is 59.0 Å². The molecule has 5 nitrogen and oxygen atoms in total. The van der Waals surface area contributed by atoms with E-state index in [1.807, 2.05) is 7.05 Å². The van der Waals surface area contributed by atoms with Gasteiger partial charge >= 0.3 is 0 Å². The number of carbonyl (C=O) groups is 1. The van der Waals surface area contributed by atoms with E-state index >= 15 is 0 Å². The van der Waals surface area contributed by atoms with Crippen molar-refractivity contribution in [1.82, 2.24) is 15.1 Å². The lowest BCUT2D eigenvalue weighted by atomic mass is 9.93. The Bertz CT molecular complexity index is 741. The van der Waals surface area contributed by atoms with E-state index in [2.05, 4.69) is 28.7 Å². The molecule has 2 N–H and O–H groups in total. The number of halogens is 2. The number of aryl methyl sites for hydroxylation is 2. The first-order chi connectivity index (χ1) is 11.1. The number of anilines is 1. The van der Waals surface area contributed by atoms with Crippen molar-refractivity contribution in [3.63, 3.8) is 0 Å². The first kappa shape index (κ1) is 20.2. The Morgan fingerprint density at radius 2 is 2.12 bits per heavy atom. The van der Waals surface area contributed by atoms with Crippen LogP contribution in [0.25, 0.3) is 0 Å². The molecule has 2 aliphatic rings. The van der Waals surface area contributed by atoms with Crippen LogP contribution >= 0.6 is 36.2 Å². The number of carbonyl (C=O) groups excluding carboxylic acids is 1. The molecule has 0 spiro atoms. The van der Waals surface area contributed by atoms with Gasteiger partial charge in [-0.2, -0.15) is 5.10 Å². The van der Waals surface area contributed by atoms with Crippen LogP contribution in [0.2, 0.25) is 0 Å². The Balaban J connectivity index is 0.00000113. The molecule has 8 heteroatoms. The molecule has 138 valence electrons. The number of rotatable bonds is 5. The highest BCUT2D eigenvalue weighted by Gasteiger charge is 2.41. The second kappa shape index (κ2) is 8.08. The third kappa shape index (κ3) is 4.37.